The number of ether oxygens (including phenoxy) is 1. The molecular formula is C22H23ClFN5O3. The number of anilines is 1. The standard InChI is InChI=1S/C22H23ClFN5O3/c1-11(2)26-19-7-13(6-12(3)27-19)22-28-21(29-32-22)15-8-17(24)18(9-16(15)23)31-14-4-5-20(30)25-10-14/h6-9,11,14H,4-5,10H2,1-3H3,(H,25,30)(H,26,27)/t14-/m0/s1. The molecular weight excluding hydrogens is 437 g/mol. The number of carbonyl (C=O) groups is 1. The first-order valence-electron chi connectivity index (χ1n) is 10.3. The Labute approximate surface area is 189 Å². The lowest BCUT2D eigenvalue weighted by atomic mass is 10.1. The van der Waals surface area contributed by atoms with Crippen LogP contribution >= 0.6 is 11.6 Å². The Balaban J connectivity index is 1.57. The number of hydrogen-bond acceptors (Lipinski definition) is 7. The highest BCUT2D eigenvalue weighted by Gasteiger charge is 2.23. The lowest BCUT2D eigenvalue weighted by Crippen LogP contribution is -2.40. The Bertz CT molecular complexity index is 1140. The number of benzene rings is 1. The van der Waals surface area contributed by atoms with Crippen LogP contribution in [0.3, 0.4) is 0 Å². The summed E-state index contributed by atoms with van der Waals surface area (Å²) < 4.78 is 25.8. The monoisotopic (exact) mass is 459 g/mol. The van der Waals surface area contributed by atoms with Crippen LogP contribution < -0.4 is 15.4 Å². The maximum atomic E-state index is 14.7. The van der Waals surface area contributed by atoms with Crippen molar-refractivity contribution in [3.05, 3.63) is 40.8 Å². The predicted molar refractivity (Wildman–Crippen MR) is 118 cm³/mol. The summed E-state index contributed by atoms with van der Waals surface area (Å²) in [4.78, 5) is 20.1. The fraction of sp³-hybridized carbons (Fsp3) is 0.364. The van der Waals surface area contributed by atoms with Gasteiger partial charge in [-0.1, -0.05) is 16.8 Å². The molecule has 1 saturated heterocycles. The third-order valence-corrected chi connectivity index (χ3v) is 5.15. The highest BCUT2D eigenvalue weighted by Crippen LogP contribution is 2.34. The molecule has 10 heteroatoms. The zero-order valence-corrected chi connectivity index (χ0v) is 18.7. The molecule has 1 aliphatic rings. The van der Waals surface area contributed by atoms with Crippen molar-refractivity contribution < 1.29 is 18.4 Å². The number of aromatic nitrogens is 3. The van der Waals surface area contributed by atoms with Gasteiger partial charge in [0.05, 0.1) is 11.6 Å². The summed E-state index contributed by atoms with van der Waals surface area (Å²) in [6.07, 6.45) is 0.536. The lowest BCUT2D eigenvalue weighted by molar-refractivity contribution is -0.123. The minimum atomic E-state index is -0.601. The number of rotatable bonds is 6. The zero-order valence-electron chi connectivity index (χ0n) is 17.9. The number of amides is 1. The molecule has 0 aliphatic carbocycles. The number of aryl methyl sites for hydroxylation is 1. The van der Waals surface area contributed by atoms with Gasteiger partial charge in [-0.05, 0) is 45.4 Å². The molecule has 1 aromatic carbocycles. The van der Waals surface area contributed by atoms with E-state index in [1.165, 1.54) is 12.1 Å². The Morgan fingerprint density at radius 1 is 1.28 bits per heavy atom. The van der Waals surface area contributed by atoms with Crippen molar-refractivity contribution in [3.63, 3.8) is 0 Å². The Kier molecular flexibility index (Phi) is 6.27. The van der Waals surface area contributed by atoms with Crippen molar-refractivity contribution in [1.29, 1.82) is 0 Å². The van der Waals surface area contributed by atoms with Crippen LogP contribution in [0.25, 0.3) is 22.8 Å². The summed E-state index contributed by atoms with van der Waals surface area (Å²) in [5.41, 5.74) is 1.76. The first-order chi connectivity index (χ1) is 15.3. The summed E-state index contributed by atoms with van der Waals surface area (Å²) in [5.74, 6) is 0.496. The topological polar surface area (TPSA) is 102 Å². The van der Waals surface area contributed by atoms with Crippen LogP contribution in [0.5, 0.6) is 5.75 Å². The molecule has 2 aromatic heterocycles. The van der Waals surface area contributed by atoms with E-state index < -0.39 is 5.82 Å². The van der Waals surface area contributed by atoms with Crippen LogP contribution in [0.1, 0.15) is 32.4 Å². The molecule has 0 saturated carbocycles. The van der Waals surface area contributed by atoms with E-state index in [0.717, 1.165) is 5.69 Å². The lowest BCUT2D eigenvalue weighted by Gasteiger charge is -2.24. The average Bonchev–Trinajstić information content (AvgIpc) is 3.21. The molecule has 2 N–H and O–H groups in total. The average molecular weight is 460 g/mol. The zero-order chi connectivity index (χ0) is 22.8. The van der Waals surface area contributed by atoms with E-state index >= 15 is 0 Å². The van der Waals surface area contributed by atoms with Crippen molar-refractivity contribution in [2.45, 2.75) is 45.8 Å². The third-order valence-electron chi connectivity index (χ3n) is 4.84. The molecule has 1 aliphatic heterocycles. The maximum Gasteiger partial charge on any atom is 0.258 e. The van der Waals surface area contributed by atoms with Gasteiger partial charge in [0.15, 0.2) is 11.6 Å². The van der Waals surface area contributed by atoms with Crippen LogP contribution in [0.15, 0.2) is 28.8 Å². The SMILES string of the molecule is Cc1cc(-c2nc(-c3cc(F)c(O[C@H]4CCC(=O)NC4)cc3Cl)no2)cc(NC(C)C)n1. The van der Waals surface area contributed by atoms with E-state index in [0.29, 0.717) is 30.8 Å². The molecule has 0 unspecified atom stereocenters. The van der Waals surface area contributed by atoms with Gasteiger partial charge in [-0.15, -0.1) is 0 Å². The normalized spacial score (nSPS) is 16.2. The summed E-state index contributed by atoms with van der Waals surface area (Å²) >= 11 is 6.38. The first-order valence-corrected chi connectivity index (χ1v) is 10.7. The molecule has 8 nitrogen and oxygen atoms in total. The van der Waals surface area contributed by atoms with Gasteiger partial charge in [0.25, 0.3) is 5.89 Å². The van der Waals surface area contributed by atoms with Gasteiger partial charge in [0.2, 0.25) is 11.7 Å². The largest absolute Gasteiger partial charge is 0.485 e. The second-order valence-corrected chi connectivity index (χ2v) is 8.36. The number of hydrogen-bond donors (Lipinski definition) is 2. The molecule has 0 radical (unpaired) electrons. The van der Waals surface area contributed by atoms with E-state index in [1.807, 2.05) is 32.9 Å². The van der Waals surface area contributed by atoms with Gasteiger partial charge >= 0.3 is 0 Å². The smallest absolute Gasteiger partial charge is 0.258 e. The van der Waals surface area contributed by atoms with Crippen LogP contribution in [-0.2, 0) is 4.79 Å². The second-order valence-electron chi connectivity index (χ2n) is 7.95. The van der Waals surface area contributed by atoms with Gasteiger partial charge < -0.3 is 19.9 Å². The molecule has 1 fully saturated rings. The fourth-order valence-corrected chi connectivity index (χ4v) is 3.63. The molecule has 0 spiro atoms. The third kappa shape index (κ3) is 4.99. The molecule has 1 amide bonds. The quantitative estimate of drug-likeness (QED) is 0.564. The number of carbonyl (C=O) groups excluding carboxylic acids is 1. The number of nitrogens with one attached hydrogen (secondary N) is 2. The van der Waals surface area contributed by atoms with E-state index in [4.69, 9.17) is 20.9 Å². The van der Waals surface area contributed by atoms with Crippen LogP contribution in [0.4, 0.5) is 10.2 Å². The van der Waals surface area contributed by atoms with Crippen molar-refractivity contribution in [1.82, 2.24) is 20.4 Å². The number of pyridine rings is 1. The molecule has 0 bridgehead atoms. The van der Waals surface area contributed by atoms with Gasteiger partial charge in [-0.3, -0.25) is 4.79 Å². The maximum absolute atomic E-state index is 14.7. The van der Waals surface area contributed by atoms with Gasteiger partial charge in [-0.2, -0.15) is 4.98 Å². The Hall–Kier alpha value is -3.20. The van der Waals surface area contributed by atoms with Gasteiger partial charge in [-0.25, -0.2) is 9.37 Å². The summed E-state index contributed by atoms with van der Waals surface area (Å²) in [6.45, 7) is 6.23. The predicted octanol–water partition coefficient (Wildman–Crippen LogP) is 4.38. The van der Waals surface area contributed by atoms with Gasteiger partial charge in [0.1, 0.15) is 11.9 Å². The molecule has 1 atom stereocenters. The van der Waals surface area contributed by atoms with E-state index in [2.05, 4.69) is 25.8 Å². The highest BCUT2D eigenvalue weighted by molar-refractivity contribution is 6.33. The van der Waals surface area contributed by atoms with Gasteiger partial charge in [0, 0.05) is 35.3 Å². The summed E-state index contributed by atoms with van der Waals surface area (Å²) in [5, 5.41) is 10.1. The number of halogens is 2. The van der Waals surface area contributed by atoms with E-state index in [-0.39, 0.29) is 46.1 Å². The van der Waals surface area contributed by atoms with Crippen molar-refractivity contribution in [2.24, 2.45) is 0 Å². The highest BCUT2D eigenvalue weighted by atomic mass is 35.5. The summed E-state index contributed by atoms with van der Waals surface area (Å²) in [7, 11) is 0. The van der Waals surface area contributed by atoms with E-state index in [9.17, 15) is 9.18 Å². The van der Waals surface area contributed by atoms with Crippen LogP contribution in [0, 0.1) is 12.7 Å². The molecule has 3 heterocycles. The molecule has 3 aromatic rings. The van der Waals surface area contributed by atoms with Crippen LogP contribution in [0.2, 0.25) is 5.02 Å². The number of piperidine rings is 1. The molecule has 32 heavy (non-hydrogen) atoms. The number of nitrogens with zero attached hydrogens (tertiary/aromatic N) is 3. The fourth-order valence-electron chi connectivity index (χ4n) is 3.39. The van der Waals surface area contributed by atoms with Crippen LogP contribution in [-0.4, -0.2) is 39.7 Å². The Morgan fingerprint density at radius 2 is 2.09 bits per heavy atom. The minimum Gasteiger partial charge on any atom is -0.485 e. The van der Waals surface area contributed by atoms with Crippen molar-refractivity contribution >= 4 is 23.3 Å². The summed E-state index contributed by atoms with van der Waals surface area (Å²) in [6, 6.07) is 6.46. The first kappa shape index (κ1) is 22.0. The molecule has 168 valence electrons. The Morgan fingerprint density at radius 3 is 2.81 bits per heavy atom. The minimum absolute atomic E-state index is 0.0118. The van der Waals surface area contributed by atoms with E-state index in [1.54, 1.807) is 0 Å². The second kappa shape index (κ2) is 9.12. The van der Waals surface area contributed by atoms with Crippen molar-refractivity contribution in [3.8, 4) is 28.6 Å². The van der Waals surface area contributed by atoms with Crippen molar-refractivity contribution in [2.75, 3.05) is 11.9 Å². The molecule has 4 rings (SSSR count).